The van der Waals surface area contributed by atoms with E-state index in [0.717, 1.165) is 12.8 Å². The van der Waals surface area contributed by atoms with Crippen LogP contribution in [-0.4, -0.2) is 32.7 Å². The molecule has 1 aliphatic carbocycles. The van der Waals surface area contributed by atoms with Gasteiger partial charge in [0.05, 0.1) is 6.42 Å². The Hall–Kier alpha value is -1.40. The third-order valence-corrected chi connectivity index (χ3v) is 5.14. The average Bonchev–Trinajstić information content (AvgIpc) is 3.10. The second-order valence-electron chi connectivity index (χ2n) is 5.35. The Kier molecular flexibility index (Phi) is 5.00. The monoisotopic (exact) mass is 329 g/mol. The second-order valence-corrected chi connectivity index (χ2v) is 7.25. The molecule has 0 radical (unpaired) electrons. The first-order valence-corrected chi connectivity index (χ1v) is 8.37. The van der Waals surface area contributed by atoms with Gasteiger partial charge in [0.15, 0.2) is 0 Å². The Labute approximate surface area is 130 Å². The van der Waals surface area contributed by atoms with Gasteiger partial charge in [-0.2, -0.15) is 0 Å². The van der Waals surface area contributed by atoms with E-state index >= 15 is 0 Å². The molecule has 2 N–H and O–H groups in total. The molecular formula is C14H16ClNO4S. The van der Waals surface area contributed by atoms with Gasteiger partial charge in [0.1, 0.15) is 5.75 Å². The zero-order valence-electron chi connectivity index (χ0n) is 11.3. The number of rotatable bonds is 7. The molecule has 1 fully saturated rings. The van der Waals surface area contributed by atoms with Gasteiger partial charge in [0.2, 0.25) is 5.91 Å². The number of aliphatic carboxylic acids is 1. The van der Waals surface area contributed by atoms with Gasteiger partial charge in [0, 0.05) is 27.3 Å². The number of hydrogen-bond acceptors (Lipinski definition) is 3. The molecule has 0 aliphatic heterocycles. The molecule has 2 rings (SSSR count). The summed E-state index contributed by atoms with van der Waals surface area (Å²) in [6, 6.07) is 6.63. The van der Waals surface area contributed by atoms with Crippen LogP contribution in [0.3, 0.4) is 0 Å². The zero-order chi connectivity index (χ0) is 15.5. The Morgan fingerprint density at radius 3 is 2.43 bits per heavy atom. The van der Waals surface area contributed by atoms with Crippen LogP contribution in [-0.2, 0) is 20.4 Å². The zero-order valence-corrected chi connectivity index (χ0v) is 12.9. The molecule has 1 aliphatic rings. The lowest BCUT2D eigenvalue weighted by atomic mass is 10.1. The normalized spacial score (nSPS) is 17.0. The van der Waals surface area contributed by atoms with Crippen molar-refractivity contribution in [2.24, 2.45) is 5.41 Å². The summed E-state index contributed by atoms with van der Waals surface area (Å²) in [5, 5.41) is 12.0. The van der Waals surface area contributed by atoms with Crippen molar-refractivity contribution in [3.63, 3.8) is 0 Å². The maximum absolute atomic E-state index is 12.0. The van der Waals surface area contributed by atoms with Crippen molar-refractivity contribution < 1.29 is 18.9 Å². The largest absolute Gasteiger partial charge is 0.481 e. The van der Waals surface area contributed by atoms with Crippen LogP contribution in [0.25, 0.3) is 0 Å². The Bertz CT molecular complexity index is 569. The summed E-state index contributed by atoms with van der Waals surface area (Å²) < 4.78 is 12.0. The fourth-order valence-corrected chi connectivity index (χ4v) is 3.81. The van der Waals surface area contributed by atoms with Crippen LogP contribution in [0.4, 0.5) is 5.69 Å². The van der Waals surface area contributed by atoms with Crippen LogP contribution in [0.2, 0.25) is 5.02 Å². The second kappa shape index (κ2) is 6.58. The van der Waals surface area contributed by atoms with E-state index < -0.39 is 16.8 Å². The smallest absolute Gasteiger partial charge is 0.303 e. The summed E-state index contributed by atoms with van der Waals surface area (Å²) >= 11 is 5.74. The maximum atomic E-state index is 12.0. The van der Waals surface area contributed by atoms with Crippen molar-refractivity contribution in [3.8, 4) is 0 Å². The van der Waals surface area contributed by atoms with Gasteiger partial charge in [0.25, 0.3) is 0 Å². The van der Waals surface area contributed by atoms with Crippen molar-refractivity contribution in [1.29, 1.82) is 0 Å². The third kappa shape index (κ3) is 5.13. The molecule has 1 aromatic carbocycles. The molecule has 0 heterocycles. The lowest BCUT2D eigenvalue weighted by Crippen LogP contribution is -2.25. The SMILES string of the molecule is O=C(O)CC1(CS(=O)CC(=O)Nc2ccc(Cl)cc2)CC1. The van der Waals surface area contributed by atoms with Gasteiger partial charge in [-0.15, -0.1) is 0 Å². The van der Waals surface area contributed by atoms with E-state index in [2.05, 4.69) is 5.32 Å². The lowest BCUT2D eigenvalue weighted by Gasteiger charge is -2.11. The average molecular weight is 330 g/mol. The molecule has 5 nitrogen and oxygen atoms in total. The number of carboxylic acid groups (broad SMARTS) is 1. The van der Waals surface area contributed by atoms with Gasteiger partial charge in [-0.05, 0) is 42.5 Å². The van der Waals surface area contributed by atoms with Gasteiger partial charge in [-0.1, -0.05) is 11.6 Å². The van der Waals surface area contributed by atoms with Crippen LogP contribution < -0.4 is 5.32 Å². The molecule has 0 saturated heterocycles. The predicted octanol–water partition coefficient (Wildman–Crippen LogP) is 2.28. The summed E-state index contributed by atoms with van der Waals surface area (Å²) in [7, 11) is -1.35. The highest BCUT2D eigenvalue weighted by Gasteiger charge is 2.45. The number of nitrogens with one attached hydrogen (secondary N) is 1. The highest BCUT2D eigenvalue weighted by Crippen LogP contribution is 2.49. The highest BCUT2D eigenvalue weighted by molar-refractivity contribution is 7.85. The van der Waals surface area contributed by atoms with Gasteiger partial charge >= 0.3 is 5.97 Å². The van der Waals surface area contributed by atoms with E-state index in [0.29, 0.717) is 10.7 Å². The van der Waals surface area contributed by atoms with E-state index in [4.69, 9.17) is 16.7 Å². The first-order chi connectivity index (χ1) is 9.88. The molecule has 1 amide bonds. The van der Waals surface area contributed by atoms with Crippen LogP contribution in [0.5, 0.6) is 0 Å². The summed E-state index contributed by atoms with van der Waals surface area (Å²) in [4.78, 5) is 22.5. The Balaban J connectivity index is 1.81. The van der Waals surface area contributed by atoms with E-state index in [1.165, 1.54) is 0 Å². The molecule has 114 valence electrons. The Morgan fingerprint density at radius 1 is 1.29 bits per heavy atom. The number of anilines is 1. The molecule has 0 spiro atoms. The number of halogens is 1. The minimum atomic E-state index is -1.35. The molecule has 1 aromatic rings. The van der Waals surface area contributed by atoms with Crippen LogP contribution in [0.1, 0.15) is 19.3 Å². The van der Waals surface area contributed by atoms with Crippen molar-refractivity contribution >= 4 is 40.0 Å². The summed E-state index contributed by atoms with van der Waals surface area (Å²) in [6.45, 7) is 0. The highest BCUT2D eigenvalue weighted by atomic mass is 35.5. The number of carbonyl (C=O) groups is 2. The fourth-order valence-electron chi connectivity index (χ4n) is 2.14. The van der Waals surface area contributed by atoms with E-state index in [1.54, 1.807) is 24.3 Å². The van der Waals surface area contributed by atoms with Crippen LogP contribution in [0, 0.1) is 5.41 Å². The van der Waals surface area contributed by atoms with E-state index in [1.807, 2.05) is 0 Å². The van der Waals surface area contributed by atoms with Crippen LogP contribution >= 0.6 is 11.6 Å². The van der Waals surface area contributed by atoms with Crippen molar-refractivity contribution in [1.82, 2.24) is 0 Å². The van der Waals surface area contributed by atoms with Crippen molar-refractivity contribution in [2.45, 2.75) is 19.3 Å². The quantitative estimate of drug-likeness (QED) is 0.804. The van der Waals surface area contributed by atoms with E-state index in [9.17, 15) is 13.8 Å². The number of benzene rings is 1. The third-order valence-electron chi connectivity index (χ3n) is 3.37. The fraction of sp³-hybridized carbons (Fsp3) is 0.429. The van der Waals surface area contributed by atoms with Crippen molar-refractivity contribution in [2.75, 3.05) is 16.8 Å². The topological polar surface area (TPSA) is 83.5 Å². The number of hydrogen-bond donors (Lipinski definition) is 2. The number of carboxylic acids is 1. The van der Waals surface area contributed by atoms with Gasteiger partial charge in [-0.3, -0.25) is 13.8 Å². The molecule has 1 atom stereocenters. The Morgan fingerprint density at radius 2 is 1.90 bits per heavy atom. The molecular weight excluding hydrogens is 314 g/mol. The van der Waals surface area contributed by atoms with Gasteiger partial charge in [-0.25, -0.2) is 0 Å². The molecule has 21 heavy (non-hydrogen) atoms. The molecule has 7 heteroatoms. The standard InChI is InChI=1S/C14H16ClNO4S/c15-10-1-3-11(4-2-10)16-12(17)8-21(20)9-14(5-6-14)7-13(18)19/h1-4H,5-9H2,(H,16,17)(H,18,19). The van der Waals surface area contributed by atoms with Crippen molar-refractivity contribution in [3.05, 3.63) is 29.3 Å². The van der Waals surface area contributed by atoms with Crippen LogP contribution in [0.15, 0.2) is 24.3 Å². The predicted molar refractivity (Wildman–Crippen MR) is 81.9 cm³/mol. The molecule has 0 bridgehead atoms. The lowest BCUT2D eigenvalue weighted by molar-refractivity contribution is -0.138. The van der Waals surface area contributed by atoms with E-state index in [-0.39, 0.29) is 29.2 Å². The summed E-state index contributed by atoms with van der Waals surface area (Å²) in [5.41, 5.74) is 0.227. The first-order valence-electron chi connectivity index (χ1n) is 6.51. The minimum absolute atomic E-state index is 0.0253. The minimum Gasteiger partial charge on any atom is -0.481 e. The first kappa shape index (κ1) is 16.0. The molecule has 0 aromatic heterocycles. The van der Waals surface area contributed by atoms with Gasteiger partial charge < -0.3 is 10.4 Å². The number of carbonyl (C=O) groups excluding carboxylic acids is 1. The molecule has 1 saturated carbocycles. The summed E-state index contributed by atoms with van der Waals surface area (Å²) in [6.07, 6.45) is 1.56. The number of amides is 1. The molecule has 1 unspecified atom stereocenters. The summed E-state index contributed by atoms with van der Waals surface area (Å²) in [5.74, 6) is -1.07. The maximum Gasteiger partial charge on any atom is 0.303 e.